The topological polar surface area (TPSA) is 71.1 Å². The van der Waals surface area contributed by atoms with Crippen LogP contribution < -0.4 is 15.0 Å². The van der Waals surface area contributed by atoms with E-state index in [2.05, 4.69) is 5.32 Å². The molecule has 1 aliphatic heterocycles. The molecule has 0 radical (unpaired) electrons. The van der Waals surface area contributed by atoms with Crippen molar-refractivity contribution >= 4 is 40.5 Å². The van der Waals surface area contributed by atoms with Crippen LogP contribution in [-0.4, -0.2) is 55.2 Å². The maximum Gasteiger partial charge on any atom is 0.256 e. The molecule has 0 bridgehead atoms. The average Bonchev–Trinajstić information content (AvgIpc) is 2.98. The summed E-state index contributed by atoms with van der Waals surface area (Å²) in [4.78, 5) is 29.2. The Morgan fingerprint density at radius 1 is 1.10 bits per heavy atom. The fourth-order valence-corrected chi connectivity index (χ4v) is 3.76. The summed E-state index contributed by atoms with van der Waals surface area (Å²) in [6.07, 6.45) is 0.699. The number of amides is 2. The minimum absolute atomic E-state index is 0.00744. The Hall–Kier alpha value is -2.97. The van der Waals surface area contributed by atoms with Gasteiger partial charge in [-0.3, -0.25) is 14.5 Å². The molecule has 7 nitrogen and oxygen atoms in total. The van der Waals surface area contributed by atoms with Gasteiger partial charge < -0.3 is 19.7 Å². The van der Waals surface area contributed by atoms with Crippen LogP contribution in [0.2, 0.25) is 0 Å². The molecule has 0 aromatic heterocycles. The van der Waals surface area contributed by atoms with Crippen LogP contribution in [0.1, 0.15) is 12.8 Å². The summed E-state index contributed by atoms with van der Waals surface area (Å²) in [7, 11) is 3.21. The predicted molar refractivity (Wildman–Crippen MR) is 120 cm³/mol. The van der Waals surface area contributed by atoms with Gasteiger partial charge in [-0.15, -0.1) is 0 Å². The van der Waals surface area contributed by atoms with E-state index in [9.17, 15) is 9.59 Å². The van der Waals surface area contributed by atoms with Crippen LogP contribution >= 0.6 is 12.2 Å². The highest BCUT2D eigenvalue weighted by atomic mass is 32.1. The first kappa shape index (κ1) is 21.7. The molecule has 2 aromatic rings. The van der Waals surface area contributed by atoms with Crippen LogP contribution in [0.25, 0.3) is 0 Å². The maximum absolute atomic E-state index is 13.3. The lowest BCUT2D eigenvalue weighted by Crippen LogP contribution is -2.38. The molecule has 1 atom stereocenters. The van der Waals surface area contributed by atoms with Crippen molar-refractivity contribution < 1.29 is 19.1 Å². The van der Waals surface area contributed by atoms with Crippen molar-refractivity contribution in [3.63, 3.8) is 0 Å². The van der Waals surface area contributed by atoms with E-state index in [1.165, 1.54) is 4.90 Å². The summed E-state index contributed by atoms with van der Waals surface area (Å²) in [6.45, 7) is 1.06. The Bertz CT molecular complexity index is 889. The number of anilines is 2. The van der Waals surface area contributed by atoms with E-state index >= 15 is 0 Å². The zero-order valence-electron chi connectivity index (χ0n) is 17.0. The molecule has 2 amide bonds. The second-order valence-electron chi connectivity index (χ2n) is 6.83. The molecule has 1 saturated heterocycles. The lowest BCUT2D eigenvalue weighted by atomic mass is 10.1. The number of nitrogens with one attached hydrogen (secondary N) is 1. The van der Waals surface area contributed by atoms with Crippen LogP contribution in [-0.2, 0) is 14.3 Å². The van der Waals surface area contributed by atoms with Gasteiger partial charge in [0, 0.05) is 25.9 Å². The predicted octanol–water partition coefficient (Wildman–Crippen LogP) is 3.06. The smallest absolute Gasteiger partial charge is 0.256 e. The molecule has 30 heavy (non-hydrogen) atoms. The molecule has 8 heteroatoms. The number of nitrogens with zero attached hydrogens (tertiary/aromatic N) is 2. The van der Waals surface area contributed by atoms with Gasteiger partial charge in [-0.25, -0.2) is 0 Å². The Labute approximate surface area is 181 Å². The SMILES string of the molecule is COCCCN1C(=S)N(c2ccc(OC)cc2)C(=O)[C@@H]1CC(=O)Nc1ccccc1. The number of para-hydroxylation sites is 1. The van der Waals surface area contributed by atoms with E-state index in [0.29, 0.717) is 41.8 Å². The summed E-state index contributed by atoms with van der Waals surface area (Å²) in [5, 5.41) is 3.23. The van der Waals surface area contributed by atoms with E-state index in [1.807, 2.05) is 23.1 Å². The molecule has 1 N–H and O–H groups in total. The highest BCUT2D eigenvalue weighted by Gasteiger charge is 2.43. The van der Waals surface area contributed by atoms with Crippen molar-refractivity contribution in [1.29, 1.82) is 0 Å². The Morgan fingerprint density at radius 2 is 1.80 bits per heavy atom. The number of methoxy groups -OCH3 is 2. The van der Waals surface area contributed by atoms with E-state index in [0.717, 1.165) is 0 Å². The number of benzene rings is 2. The van der Waals surface area contributed by atoms with Gasteiger partial charge in [0.15, 0.2) is 5.11 Å². The number of rotatable bonds is 9. The first-order chi connectivity index (χ1) is 14.5. The Kier molecular flexibility index (Phi) is 7.37. The normalized spacial score (nSPS) is 16.1. The summed E-state index contributed by atoms with van der Waals surface area (Å²) in [5.41, 5.74) is 1.34. The van der Waals surface area contributed by atoms with Crippen LogP contribution in [0.4, 0.5) is 11.4 Å². The Balaban J connectivity index is 1.79. The number of carbonyl (C=O) groups excluding carboxylic acids is 2. The lowest BCUT2D eigenvalue weighted by molar-refractivity contribution is -0.124. The minimum Gasteiger partial charge on any atom is -0.497 e. The fraction of sp³-hybridized carbons (Fsp3) is 0.318. The van der Waals surface area contributed by atoms with Crippen molar-refractivity contribution in [2.45, 2.75) is 18.9 Å². The van der Waals surface area contributed by atoms with Crippen molar-refractivity contribution in [3.8, 4) is 5.75 Å². The first-order valence-electron chi connectivity index (χ1n) is 9.67. The van der Waals surface area contributed by atoms with E-state index in [1.54, 1.807) is 50.6 Å². The van der Waals surface area contributed by atoms with E-state index < -0.39 is 6.04 Å². The lowest BCUT2D eigenvalue weighted by Gasteiger charge is -2.23. The van der Waals surface area contributed by atoms with Gasteiger partial charge >= 0.3 is 0 Å². The van der Waals surface area contributed by atoms with Gasteiger partial charge in [0.2, 0.25) is 5.91 Å². The molecular formula is C22H25N3O4S. The monoisotopic (exact) mass is 427 g/mol. The second kappa shape index (κ2) is 10.2. The van der Waals surface area contributed by atoms with E-state index in [4.69, 9.17) is 21.7 Å². The first-order valence-corrected chi connectivity index (χ1v) is 10.1. The van der Waals surface area contributed by atoms with Crippen molar-refractivity contribution in [1.82, 2.24) is 4.90 Å². The highest BCUT2D eigenvalue weighted by Crippen LogP contribution is 2.29. The van der Waals surface area contributed by atoms with Crippen LogP contribution in [0, 0.1) is 0 Å². The summed E-state index contributed by atoms with van der Waals surface area (Å²) >= 11 is 5.62. The molecule has 0 aliphatic carbocycles. The Morgan fingerprint density at radius 3 is 2.43 bits per heavy atom. The highest BCUT2D eigenvalue weighted by molar-refractivity contribution is 7.80. The molecule has 0 saturated carbocycles. The van der Waals surface area contributed by atoms with Crippen molar-refractivity contribution in [3.05, 3.63) is 54.6 Å². The third-order valence-corrected chi connectivity index (χ3v) is 5.25. The van der Waals surface area contributed by atoms with E-state index in [-0.39, 0.29) is 18.2 Å². The molecule has 0 unspecified atom stereocenters. The molecule has 2 aromatic carbocycles. The standard InChI is InChI=1S/C22H25N3O4S/c1-28-14-6-13-24-19(15-20(26)23-16-7-4-3-5-8-16)21(27)25(22(24)30)17-9-11-18(29-2)12-10-17/h3-5,7-12,19H,6,13-15H2,1-2H3,(H,23,26)/t19-/m0/s1. The molecule has 158 valence electrons. The summed E-state index contributed by atoms with van der Waals surface area (Å²) in [5.74, 6) is 0.230. The number of carbonyl (C=O) groups is 2. The molecule has 1 fully saturated rings. The molecule has 1 aliphatic rings. The third-order valence-electron chi connectivity index (χ3n) is 4.83. The van der Waals surface area contributed by atoms with Crippen LogP contribution in [0.15, 0.2) is 54.6 Å². The summed E-state index contributed by atoms with van der Waals surface area (Å²) in [6, 6.07) is 15.6. The third kappa shape index (κ3) is 4.95. The fourth-order valence-electron chi connectivity index (χ4n) is 3.34. The van der Waals surface area contributed by atoms with Crippen molar-refractivity contribution in [2.24, 2.45) is 0 Å². The van der Waals surface area contributed by atoms with Gasteiger partial charge in [0.25, 0.3) is 5.91 Å². The van der Waals surface area contributed by atoms with Gasteiger partial charge in [0.05, 0.1) is 19.2 Å². The van der Waals surface area contributed by atoms with Crippen molar-refractivity contribution in [2.75, 3.05) is 37.6 Å². The second-order valence-corrected chi connectivity index (χ2v) is 7.19. The van der Waals surface area contributed by atoms with Crippen LogP contribution in [0.3, 0.4) is 0 Å². The molecule has 1 heterocycles. The van der Waals surface area contributed by atoms with Crippen LogP contribution in [0.5, 0.6) is 5.75 Å². The quantitative estimate of drug-likeness (QED) is 0.490. The molecular weight excluding hydrogens is 402 g/mol. The zero-order chi connectivity index (χ0) is 21.5. The number of ether oxygens (including phenoxy) is 2. The average molecular weight is 428 g/mol. The number of thiocarbonyl (C=S) groups is 1. The minimum atomic E-state index is -0.667. The van der Waals surface area contributed by atoms with Gasteiger partial charge in [0.1, 0.15) is 11.8 Å². The number of hydrogen-bond acceptors (Lipinski definition) is 5. The van der Waals surface area contributed by atoms with Gasteiger partial charge in [-0.05, 0) is 55.0 Å². The van der Waals surface area contributed by atoms with Gasteiger partial charge in [-0.2, -0.15) is 0 Å². The molecule has 3 rings (SSSR count). The number of hydrogen-bond donors (Lipinski definition) is 1. The summed E-state index contributed by atoms with van der Waals surface area (Å²) < 4.78 is 10.3. The largest absolute Gasteiger partial charge is 0.497 e. The zero-order valence-corrected chi connectivity index (χ0v) is 17.9. The molecule has 0 spiro atoms. The maximum atomic E-state index is 13.3. The van der Waals surface area contributed by atoms with Gasteiger partial charge in [-0.1, -0.05) is 18.2 Å².